The summed E-state index contributed by atoms with van der Waals surface area (Å²) in [5.74, 6) is 0.196. The molecule has 0 aromatic heterocycles. The van der Waals surface area contributed by atoms with Crippen LogP contribution < -0.4 is 0 Å². The second kappa shape index (κ2) is 4.09. The number of hydroxylamine groups is 3. The second-order valence-electron chi connectivity index (χ2n) is 5.54. The van der Waals surface area contributed by atoms with Crippen molar-refractivity contribution >= 4 is 28.4 Å². The summed E-state index contributed by atoms with van der Waals surface area (Å²) in [5, 5.41) is 25.6. The number of hydrogen-bond donors (Lipinski definition) is 0. The average Bonchev–Trinajstić information content (AvgIpc) is 2.41. The maximum atomic E-state index is 12.4. The first-order chi connectivity index (χ1) is 8.19. The van der Waals surface area contributed by atoms with E-state index in [1.807, 2.05) is 24.3 Å². The van der Waals surface area contributed by atoms with Crippen molar-refractivity contribution in [1.82, 2.24) is 5.06 Å². The summed E-state index contributed by atoms with van der Waals surface area (Å²) in [6.45, 7) is 7.18. The lowest BCUT2D eigenvalue weighted by Gasteiger charge is -2.32. The Morgan fingerprint density at radius 2 is 1.67 bits per heavy atom. The summed E-state index contributed by atoms with van der Waals surface area (Å²) in [4.78, 5) is 0. The van der Waals surface area contributed by atoms with E-state index in [1.165, 1.54) is 0 Å². The Bertz CT molecular complexity index is 506. The first-order valence-electron chi connectivity index (χ1n) is 5.77. The molecule has 0 saturated heterocycles. The van der Waals surface area contributed by atoms with Crippen LogP contribution >= 0.6 is 22.6 Å². The highest BCUT2D eigenvalue weighted by atomic mass is 127. The van der Waals surface area contributed by atoms with Gasteiger partial charge in [-0.25, -0.2) is 0 Å². The highest BCUT2D eigenvalue weighted by molar-refractivity contribution is 14.1. The molecule has 0 amide bonds. The zero-order valence-corrected chi connectivity index (χ0v) is 13.1. The first kappa shape index (κ1) is 13.6. The van der Waals surface area contributed by atoms with Gasteiger partial charge in [0.2, 0.25) is 0 Å². The van der Waals surface area contributed by atoms with E-state index in [4.69, 9.17) is 0 Å². The zero-order valence-electron chi connectivity index (χ0n) is 10.9. The molecule has 1 aliphatic heterocycles. The number of hydrogen-bond acceptors (Lipinski definition) is 2. The second-order valence-corrected chi connectivity index (χ2v) is 6.78. The summed E-state index contributed by atoms with van der Waals surface area (Å²) in [7, 11) is 0. The Morgan fingerprint density at radius 3 is 2.06 bits per heavy atom. The van der Waals surface area contributed by atoms with Crippen molar-refractivity contribution in [1.29, 1.82) is 0 Å². The van der Waals surface area contributed by atoms with Gasteiger partial charge >= 0.3 is 5.84 Å². The predicted molar refractivity (Wildman–Crippen MR) is 77.6 cm³/mol. The van der Waals surface area contributed by atoms with Gasteiger partial charge in [-0.2, -0.15) is 0 Å². The molecule has 0 N–H and O–H groups in total. The number of nitrogens with zero attached hydrogens (tertiary/aromatic N) is 2. The van der Waals surface area contributed by atoms with E-state index in [2.05, 4.69) is 22.6 Å². The van der Waals surface area contributed by atoms with Gasteiger partial charge in [0, 0.05) is 8.78 Å². The Kier molecular flexibility index (Phi) is 3.09. The minimum absolute atomic E-state index is 0.196. The van der Waals surface area contributed by atoms with Crippen LogP contribution in [0.1, 0.15) is 33.3 Å². The highest BCUT2D eigenvalue weighted by Crippen LogP contribution is 2.37. The molecule has 0 atom stereocenters. The smallest absolute Gasteiger partial charge is 0.316 e. The monoisotopic (exact) mass is 359 g/mol. The molecule has 2 rings (SSSR count). The standard InChI is InChI=1S/C13H16IN2O2/c1-12(2)13(3,4)16(18)11(15(12)17)9-5-7-10(14)8-6-9/h5-8H,1-4H3. The van der Waals surface area contributed by atoms with Crippen LogP contribution in [0.5, 0.6) is 0 Å². The Morgan fingerprint density at radius 1 is 1.17 bits per heavy atom. The van der Waals surface area contributed by atoms with Crippen molar-refractivity contribution in [3.05, 3.63) is 38.6 Å². The fraction of sp³-hybridized carbons (Fsp3) is 0.462. The number of amidine groups is 1. The minimum Gasteiger partial charge on any atom is -0.714 e. The van der Waals surface area contributed by atoms with Gasteiger partial charge in [-0.3, -0.25) is 4.74 Å². The molecule has 0 unspecified atom stereocenters. The van der Waals surface area contributed by atoms with Crippen molar-refractivity contribution in [3.8, 4) is 0 Å². The summed E-state index contributed by atoms with van der Waals surface area (Å²) < 4.78 is 1.91. The average molecular weight is 359 g/mol. The van der Waals surface area contributed by atoms with Gasteiger partial charge in [0.25, 0.3) is 0 Å². The largest absolute Gasteiger partial charge is 0.714 e. The number of halogens is 1. The van der Waals surface area contributed by atoms with E-state index in [0.29, 0.717) is 5.56 Å². The van der Waals surface area contributed by atoms with Gasteiger partial charge in [-0.15, -0.1) is 0 Å². The fourth-order valence-corrected chi connectivity index (χ4v) is 2.30. The molecule has 1 radical (unpaired) electrons. The molecule has 0 spiro atoms. The van der Waals surface area contributed by atoms with Gasteiger partial charge in [0.1, 0.15) is 5.54 Å². The number of rotatable bonds is 1. The lowest BCUT2D eigenvalue weighted by Crippen LogP contribution is -2.53. The van der Waals surface area contributed by atoms with E-state index >= 15 is 0 Å². The van der Waals surface area contributed by atoms with Crippen molar-refractivity contribution in [3.63, 3.8) is 0 Å². The number of benzene rings is 1. The highest BCUT2D eigenvalue weighted by Gasteiger charge is 2.59. The van der Waals surface area contributed by atoms with E-state index in [-0.39, 0.29) is 5.84 Å². The molecule has 18 heavy (non-hydrogen) atoms. The van der Waals surface area contributed by atoms with Gasteiger partial charge in [-0.05, 0) is 74.6 Å². The maximum absolute atomic E-state index is 12.4. The van der Waals surface area contributed by atoms with Crippen LogP contribution in [0.3, 0.4) is 0 Å². The Labute approximate surface area is 121 Å². The molecule has 1 heterocycles. The third kappa shape index (κ3) is 1.72. The van der Waals surface area contributed by atoms with E-state index in [1.54, 1.807) is 27.7 Å². The summed E-state index contributed by atoms with van der Waals surface area (Å²) >= 11 is 2.19. The molecule has 97 valence electrons. The van der Waals surface area contributed by atoms with Gasteiger partial charge in [-0.1, -0.05) is 5.06 Å². The molecule has 1 aromatic rings. The summed E-state index contributed by atoms with van der Waals surface area (Å²) in [6.07, 6.45) is 0. The molecule has 5 heteroatoms. The van der Waals surface area contributed by atoms with Crippen LogP contribution in [0.4, 0.5) is 0 Å². The third-order valence-electron chi connectivity index (χ3n) is 4.00. The quantitative estimate of drug-likeness (QED) is 0.440. The molecular formula is C13H16IN2O2. The predicted octanol–water partition coefficient (Wildman–Crippen LogP) is 2.77. The molecule has 0 aliphatic carbocycles. The summed E-state index contributed by atoms with van der Waals surface area (Å²) in [6, 6.07) is 7.40. The van der Waals surface area contributed by atoms with Crippen LogP contribution in [0.25, 0.3) is 0 Å². The maximum Gasteiger partial charge on any atom is 0.316 e. The topological polar surface area (TPSA) is 49.2 Å². The van der Waals surface area contributed by atoms with Crippen LogP contribution in [0.2, 0.25) is 0 Å². The van der Waals surface area contributed by atoms with Gasteiger partial charge in [0.15, 0.2) is 5.54 Å². The Balaban J connectivity index is 2.57. The fourth-order valence-electron chi connectivity index (χ4n) is 1.94. The summed E-state index contributed by atoms with van der Waals surface area (Å²) in [5.41, 5.74) is -0.848. The molecular weight excluding hydrogens is 343 g/mol. The van der Waals surface area contributed by atoms with E-state index < -0.39 is 11.1 Å². The minimum atomic E-state index is -0.757. The first-order valence-corrected chi connectivity index (χ1v) is 6.85. The third-order valence-corrected chi connectivity index (χ3v) is 4.72. The van der Waals surface area contributed by atoms with Crippen molar-refractivity contribution in [2.75, 3.05) is 0 Å². The lowest BCUT2D eigenvalue weighted by atomic mass is 9.84. The van der Waals surface area contributed by atoms with Crippen LogP contribution in [-0.2, 0) is 5.21 Å². The van der Waals surface area contributed by atoms with Crippen LogP contribution in [0.15, 0.2) is 24.3 Å². The SMILES string of the molecule is CC1(C)N([O])C(c2ccc(I)cc2)=[N+]([O-])C1(C)C. The van der Waals surface area contributed by atoms with Crippen molar-refractivity contribution in [2.24, 2.45) is 0 Å². The van der Waals surface area contributed by atoms with E-state index in [9.17, 15) is 10.4 Å². The van der Waals surface area contributed by atoms with Crippen molar-refractivity contribution < 1.29 is 9.95 Å². The molecule has 0 fully saturated rings. The van der Waals surface area contributed by atoms with E-state index in [0.717, 1.165) is 13.4 Å². The molecule has 1 aliphatic rings. The molecule has 1 aromatic carbocycles. The molecule has 0 bridgehead atoms. The van der Waals surface area contributed by atoms with Crippen LogP contribution in [-0.4, -0.2) is 26.7 Å². The molecule has 4 nitrogen and oxygen atoms in total. The van der Waals surface area contributed by atoms with Crippen molar-refractivity contribution in [2.45, 2.75) is 38.8 Å². The lowest BCUT2D eigenvalue weighted by molar-refractivity contribution is -0.539. The Hall–Kier alpha value is -0.820. The zero-order chi connectivity index (χ0) is 13.7. The molecule has 0 saturated carbocycles. The van der Waals surface area contributed by atoms with Gasteiger partial charge < -0.3 is 5.21 Å². The van der Waals surface area contributed by atoms with Crippen LogP contribution in [0, 0.1) is 8.78 Å². The van der Waals surface area contributed by atoms with Gasteiger partial charge in [0.05, 0.1) is 5.56 Å². The normalized spacial score (nSPS) is 21.6.